The second kappa shape index (κ2) is 10.7. The Hall–Kier alpha value is -3.72. The molecule has 3 aromatic rings. The summed E-state index contributed by atoms with van der Waals surface area (Å²) in [7, 11) is 0. The maximum absolute atomic E-state index is 14.6. The molecule has 9 heteroatoms. The van der Waals surface area contributed by atoms with Gasteiger partial charge in [-0.05, 0) is 43.0 Å². The van der Waals surface area contributed by atoms with Crippen LogP contribution in [-0.4, -0.2) is 44.1 Å². The van der Waals surface area contributed by atoms with E-state index >= 15 is 0 Å². The number of nitrogens with one attached hydrogen (secondary N) is 1. The average molecular weight is 484 g/mol. The van der Waals surface area contributed by atoms with E-state index in [1.807, 2.05) is 32.9 Å². The van der Waals surface area contributed by atoms with Crippen molar-refractivity contribution in [2.24, 2.45) is 5.92 Å². The Morgan fingerprint density at radius 1 is 1.17 bits per heavy atom. The molecule has 0 saturated carbocycles. The molecule has 3 rings (SSSR count). The molecular formula is C26H30FN3O5. The van der Waals surface area contributed by atoms with E-state index in [0.29, 0.717) is 5.56 Å². The van der Waals surface area contributed by atoms with Crippen LogP contribution in [-0.2, 0) is 4.79 Å². The van der Waals surface area contributed by atoms with Gasteiger partial charge in [0.25, 0.3) is 5.91 Å². The van der Waals surface area contributed by atoms with Crippen LogP contribution in [0.1, 0.15) is 54.8 Å². The van der Waals surface area contributed by atoms with Crippen molar-refractivity contribution < 1.29 is 28.9 Å². The van der Waals surface area contributed by atoms with E-state index < -0.39 is 29.3 Å². The first-order valence-corrected chi connectivity index (χ1v) is 11.3. The van der Waals surface area contributed by atoms with Crippen molar-refractivity contribution in [2.45, 2.75) is 45.8 Å². The van der Waals surface area contributed by atoms with Crippen LogP contribution in [0.5, 0.6) is 5.88 Å². The van der Waals surface area contributed by atoms with E-state index in [4.69, 9.17) is 4.74 Å². The molecule has 0 fully saturated rings. The zero-order valence-electron chi connectivity index (χ0n) is 20.2. The molecule has 3 N–H and O–H groups in total. The zero-order chi connectivity index (χ0) is 25.8. The second-order valence-corrected chi connectivity index (χ2v) is 9.01. The van der Waals surface area contributed by atoms with Crippen molar-refractivity contribution in [3.8, 4) is 11.6 Å². The third-order valence-electron chi connectivity index (χ3n) is 5.99. The quantitative estimate of drug-likeness (QED) is 0.401. The predicted octanol–water partition coefficient (Wildman–Crippen LogP) is 4.05. The van der Waals surface area contributed by atoms with Gasteiger partial charge in [-0.15, -0.1) is 0 Å². The molecule has 0 unspecified atom stereocenters. The van der Waals surface area contributed by atoms with E-state index in [0.717, 1.165) is 10.2 Å². The Kier molecular flexibility index (Phi) is 7.91. The van der Waals surface area contributed by atoms with E-state index in [-0.39, 0.29) is 36.2 Å². The summed E-state index contributed by atoms with van der Waals surface area (Å²) in [6, 6.07) is 13.6. The van der Waals surface area contributed by atoms with Gasteiger partial charge in [-0.25, -0.2) is 4.39 Å². The number of amides is 1. The predicted molar refractivity (Wildman–Crippen MR) is 128 cm³/mol. The molecule has 1 heterocycles. The molecule has 2 aromatic carbocycles. The second-order valence-electron chi connectivity index (χ2n) is 9.01. The van der Waals surface area contributed by atoms with Gasteiger partial charge in [0.2, 0.25) is 5.88 Å². The molecule has 0 radical (unpaired) electrons. The van der Waals surface area contributed by atoms with Crippen LogP contribution in [0, 0.1) is 18.7 Å². The number of carbonyl (C=O) groups excluding carboxylic acids is 1. The zero-order valence-corrected chi connectivity index (χ0v) is 20.2. The number of ether oxygens (including phenoxy) is 1. The third kappa shape index (κ3) is 6.24. The van der Waals surface area contributed by atoms with Gasteiger partial charge in [-0.3, -0.25) is 9.59 Å². The number of hydrogen-bond acceptors (Lipinski definition) is 5. The van der Waals surface area contributed by atoms with E-state index in [9.17, 15) is 24.2 Å². The first kappa shape index (κ1) is 25.9. The topological polar surface area (TPSA) is 114 Å². The highest BCUT2D eigenvalue weighted by molar-refractivity contribution is 5.93. The van der Waals surface area contributed by atoms with Gasteiger partial charge in [-0.2, -0.15) is 9.78 Å². The lowest BCUT2D eigenvalue weighted by atomic mass is 9.94. The van der Waals surface area contributed by atoms with Crippen LogP contribution in [0.2, 0.25) is 0 Å². The van der Waals surface area contributed by atoms with Gasteiger partial charge in [0.05, 0.1) is 18.1 Å². The highest BCUT2D eigenvalue weighted by Gasteiger charge is 2.28. The number of aliphatic carboxylic acids is 1. The summed E-state index contributed by atoms with van der Waals surface area (Å²) in [5.74, 6) is -2.36. The van der Waals surface area contributed by atoms with Crippen molar-refractivity contribution in [1.29, 1.82) is 0 Å². The molecule has 0 bridgehead atoms. The fourth-order valence-corrected chi connectivity index (χ4v) is 3.38. The number of hydrogen-bond donors (Lipinski definition) is 3. The number of rotatable bonds is 10. The van der Waals surface area contributed by atoms with Gasteiger partial charge in [0.1, 0.15) is 18.1 Å². The number of halogens is 1. The summed E-state index contributed by atoms with van der Waals surface area (Å²) >= 11 is 0. The maximum Gasteiger partial charge on any atom is 0.305 e. The van der Waals surface area contributed by atoms with E-state index in [1.54, 1.807) is 25.1 Å². The van der Waals surface area contributed by atoms with Crippen molar-refractivity contribution in [3.05, 3.63) is 77.2 Å². The summed E-state index contributed by atoms with van der Waals surface area (Å²) in [6.45, 7) is 7.01. The first-order valence-electron chi connectivity index (χ1n) is 11.3. The van der Waals surface area contributed by atoms with Gasteiger partial charge in [0.15, 0.2) is 5.69 Å². The number of aliphatic hydroxyl groups is 1. The molecule has 1 amide bonds. The van der Waals surface area contributed by atoms with Crippen LogP contribution in [0.4, 0.5) is 4.39 Å². The number of carbonyl (C=O) groups is 2. The van der Waals surface area contributed by atoms with Gasteiger partial charge < -0.3 is 20.3 Å². The summed E-state index contributed by atoms with van der Waals surface area (Å²) in [5.41, 5.74) is 0.296. The molecule has 186 valence electrons. The smallest absolute Gasteiger partial charge is 0.305 e. The number of para-hydroxylation sites is 1. The van der Waals surface area contributed by atoms with Crippen molar-refractivity contribution in [2.75, 3.05) is 6.61 Å². The Labute approximate surface area is 203 Å². The molecule has 35 heavy (non-hydrogen) atoms. The molecular weight excluding hydrogens is 453 g/mol. The maximum atomic E-state index is 14.6. The lowest BCUT2D eigenvalue weighted by molar-refractivity contribution is -0.137. The monoisotopic (exact) mass is 483 g/mol. The fraction of sp³-hybridized carbons (Fsp3) is 0.346. The van der Waals surface area contributed by atoms with Gasteiger partial charge in [0, 0.05) is 6.07 Å². The molecule has 1 aromatic heterocycles. The Morgan fingerprint density at radius 2 is 1.83 bits per heavy atom. The Balaban J connectivity index is 1.96. The average Bonchev–Trinajstić information content (AvgIpc) is 3.22. The molecule has 0 aliphatic carbocycles. The summed E-state index contributed by atoms with van der Waals surface area (Å²) in [5, 5.41) is 26.9. The van der Waals surface area contributed by atoms with Crippen LogP contribution in [0.25, 0.3) is 5.69 Å². The van der Waals surface area contributed by atoms with E-state index in [2.05, 4.69) is 10.4 Å². The normalized spacial score (nSPS) is 13.8. The van der Waals surface area contributed by atoms with Crippen molar-refractivity contribution in [1.82, 2.24) is 15.1 Å². The number of aromatic nitrogens is 2. The van der Waals surface area contributed by atoms with Gasteiger partial charge >= 0.3 is 5.97 Å². The summed E-state index contributed by atoms with van der Waals surface area (Å²) < 4.78 is 21.5. The third-order valence-corrected chi connectivity index (χ3v) is 5.99. The lowest BCUT2D eigenvalue weighted by Crippen LogP contribution is -2.38. The standard InChI is InChI=1S/C26H30FN3O5/c1-16(2)26(4,34)15-35-23-13-21(29-30(23)22-12-8-7-11-19(22)27)25(33)28-20(14-24(31)32)18-10-6-5-9-17(18)3/h5-13,16,20,34H,14-15H2,1-4H3,(H,28,33)(H,31,32)/t20-,26-/m0/s1. The van der Waals surface area contributed by atoms with Crippen molar-refractivity contribution in [3.63, 3.8) is 0 Å². The fourth-order valence-electron chi connectivity index (χ4n) is 3.38. The molecule has 0 aliphatic heterocycles. The molecule has 0 aliphatic rings. The minimum absolute atomic E-state index is 0.0618. The largest absolute Gasteiger partial charge is 0.481 e. The van der Waals surface area contributed by atoms with Crippen LogP contribution >= 0.6 is 0 Å². The van der Waals surface area contributed by atoms with E-state index in [1.165, 1.54) is 24.3 Å². The Morgan fingerprint density at radius 3 is 2.46 bits per heavy atom. The highest BCUT2D eigenvalue weighted by Crippen LogP contribution is 2.26. The molecule has 2 atom stereocenters. The summed E-state index contributed by atoms with van der Waals surface area (Å²) in [6.07, 6.45) is -0.328. The highest BCUT2D eigenvalue weighted by atomic mass is 19.1. The molecule has 8 nitrogen and oxygen atoms in total. The Bertz CT molecular complexity index is 1210. The van der Waals surface area contributed by atoms with Crippen LogP contribution in [0.3, 0.4) is 0 Å². The number of carboxylic acid groups (broad SMARTS) is 1. The first-order chi connectivity index (χ1) is 16.5. The minimum atomic E-state index is -1.18. The number of carboxylic acids is 1. The molecule has 0 saturated heterocycles. The van der Waals surface area contributed by atoms with Crippen LogP contribution < -0.4 is 10.1 Å². The van der Waals surface area contributed by atoms with Crippen LogP contribution in [0.15, 0.2) is 54.6 Å². The van der Waals surface area contributed by atoms with Gasteiger partial charge in [-0.1, -0.05) is 50.2 Å². The minimum Gasteiger partial charge on any atom is -0.481 e. The molecule has 0 spiro atoms. The number of aryl methyl sites for hydroxylation is 1. The number of benzene rings is 2. The SMILES string of the molecule is Cc1ccccc1[C@H](CC(=O)O)NC(=O)c1cc(OC[C@](C)(O)C(C)C)n(-c2ccccc2F)n1. The summed E-state index contributed by atoms with van der Waals surface area (Å²) in [4.78, 5) is 24.6. The van der Waals surface area contributed by atoms with Crippen molar-refractivity contribution >= 4 is 11.9 Å². The number of nitrogens with zero attached hydrogens (tertiary/aromatic N) is 2. The lowest BCUT2D eigenvalue weighted by Gasteiger charge is -2.27.